The largest absolute Gasteiger partial charge is 0.361 e. The zero-order valence-corrected chi connectivity index (χ0v) is 15.5. The van der Waals surface area contributed by atoms with Gasteiger partial charge in [-0.25, -0.2) is 0 Å². The number of pyridine rings is 1. The minimum absolute atomic E-state index is 0.0675. The van der Waals surface area contributed by atoms with Gasteiger partial charge in [-0.2, -0.15) is 0 Å². The topological polar surface area (TPSA) is 68.0 Å². The fraction of sp³-hybridized carbons (Fsp3) is 0.286. The van der Waals surface area contributed by atoms with Gasteiger partial charge >= 0.3 is 0 Å². The molecule has 0 bridgehead atoms. The molecule has 0 aliphatic carbocycles. The Hall–Kier alpha value is -2.95. The molecule has 1 atom stereocenters. The van der Waals surface area contributed by atoms with E-state index in [1.165, 1.54) is 0 Å². The third-order valence-corrected chi connectivity index (χ3v) is 4.61. The molecule has 0 spiro atoms. The molecule has 5 nitrogen and oxygen atoms in total. The number of rotatable bonds is 5. The third-order valence-electron chi connectivity index (χ3n) is 4.61. The summed E-state index contributed by atoms with van der Waals surface area (Å²) in [5.41, 5.74) is 5.98. The van der Waals surface area contributed by atoms with Crippen molar-refractivity contribution in [2.75, 3.05) is 0 Å². The molecule has 0 fully saturated rings. The lowest BCUT2D eigenvalue weighted by Gasteiger charge is -2.22. The molecule has 0 aliphatic heterocycles. The van der Waals surface area contributed by atoms with Crippen molar-refractivity contribution in [3.63, 3.8) is 0 Å². The second-order valence-electron chi connectivity index (χ2n) is 6.62. The van der Waals surface area contributed by atoms with E-state index in [0.717, 1.165) is 33.5 Å². The summed E-state index contributed by atoms with van der Waals surface area (Å²) in [4.78, 5) is 16.9. The fourth-order valence-electron chi connectivity index (χ4n) is 3.09. The van der Waals surface area contributed by atoms with Crippen molar-refractivity contribution in [1.29, 1.82) is 0 Å². The monoisotopic (exact) mass is 349 g/mol. The van der Waals surface area contributed by atoms with E-state index in [9.17, 15) is 4.79 Å². The Morgan fingerprint density at radius 2 is 1.85 bits per heavy atom. The number of nitrogens with one attached hydrogen (secondary N) is 1. The first-order chi connectivity index (χ1) is 12.5. The summed E-state index contributed by atoms with van der Waals surface area (Å²) in [6.45, 7) is 7.79. The molecule has 2 heterocycles. The maximum Gasteiger partial charge on any atom is 0.225 e. The van der Waals surface area contributed by atoms with Gasteiger partial charge in [0.1, 0.15) is 5.76 Å². The van der Waals surface area contributed by atoms with Gasteiger partial charge in [0, 0.05) is 18.0 Å². The van der Waals surface area contributed by atoms with Gasteiger partial charge in [-0.1, -0.05) is 28.9 Å². The molecule has 0 unspecified atom stereocenters. The molecule has 1 aromatic carbocycles. The first-order valence-corrected chi connectivity index (χ1v) is 8.64. The molecule has 134 valence electrons. The van der Waals surface area contributed by atoms with E-state index in [1.807, 2.05) is 26.0 Å². The van der Waals surface area contributed by atoms with Crippen LogP contribution >= 0.6 is 0 Å². The van der Waals surface area contributed by atoms with Crippen molar-refractivity contribution >= 4 is 5.91 Å². The highest BCUT2D eigenvalue weighted by Crippen LogP contribution is 2.26. The van der Waals surface area contributed by atoms with E-state index in [1.54, 1.807) is 12.4 Å². The average Bonchev–Trinajstić information content (AvgIpc) is 2.94. The molecule has 3 aromatic rings. The second kappa shape index (κ2) is 7.52. The number of nitrogens with zero attached hydrogens (tertiary/aromatic N) is 2. The molecule has 0 saturated heterocycles. The Balaban J connectivity index is 1.92. The quantitative estimate of drug-likeness (QED) is 0.762. The Labute approximate surface area is 153 Å². The number of carbonyl (C=O) groups is 1. The molecule has 26 heavy (non-hydrogen) atoms. The van der Waals surface area contributed by atoms with E-state index in [-0.39, 0.29) is 18.4 Å². The van der Waals surface area contributed by atoms with Crippen LogP contribution in [0.15, 0.2) is 47.2 Å². The van der Waals surface area contributed by atoms with Crippen molar-refractivity contribution in [2.45, 2.75) is 40.2 Å². The highest BCUT2D eigenvalue weighted by atomic mass is 16.5. The van der Waals surface area contributed by atoms with Gasteiger partial charge < -0.3 is 9.84 Å². The van der Waals surface area contributed by atoms with Crippen molar-refractivity contribution < 1.29 is 9.32 Å². The molecule has 0 saturated carbocycles. The Morgan fingerprint density at radius 1 is 1.12 bits per heavy atom. The molecule has 2 aromatic heterocycles. The molecule has 5 heteroatoms. The molecule has 0 aliphatic rings. The fourth-order valence-corrected chi connectivity index (χ4v) is 3.09. The van der Waals surface area contributed by atoms with Crippen molar-refractivity contribution in [3.8, 4) is 0 Å². The number of hydrogen-bond donors (Lipinski definition) is 1. The van der Waals surface area contributed by atoms with Gasteiger partial charge in [-0.05, 0) is 56.5 Å². The maximum atomic E-state index is 12.8. The van der Waals surface area contributed by atoms with Crippen LogP contribution in [0.25, 0.3) is 0 Å². The lowest BCUT2D eigenvalue weighted by Crippen LogP contribution is -2.31. The van der Waals surface area contributed by atoms with Gasteiger partial charge in [0.05, 0.1) is 18.2 Å². The predicted octanol–water partition coefficient (Wildman–Crippen LogP) is 3.75. The second-order valence-corrected chi connectivity index (χ2v) is 6.62. The first kappa shape index (κ1) is 17.9. The van der Waals surface area contributed by atoms with Crippen LogP contribution < -0.4 is 5.32 Å². The lowest BCUT2D eigenvalue weighted by molar-refractivity contribution is -0.121. The van der Waals surface area contributed by atoms with E-state index in [0.29, 0.717) is 5.76 Å². The number of benzene rings is 1. The number of amides is 1. The number of aryl methyl sites for hydroxylation is 4. The van der Waals surface area contributed by atoms with Crippen LogP contribution in [0.3, 0.4) is 0 Å². The van der Waals surface area contributed by atoms with E-state index in [4.69, 9.17) is 4.52 Å². The van der Waals surface area contributed by atoms with E-state index >= 15 is 0 Å². The SMILES string of the molecule is Cc1ccc(C)c([C@@H](NC(=O)Cc2c(C)noc2C)c2ccncc2)c1. The molecule has 1 amide bonds. The van der Waals surface area contributed by atoms with Crippen molar-refractivity contribution in [2.24, 2.45) is 0 Å². The highest BCUT2D eigenvalue weighted by Gasteiger charge is 2.21. The van der Waals surface area contributed by atoms with Crippen LogP contribution in [0, 0.1) is 27.7 Å². The van der Waals surface area contributed by atoms with Gasteiger partial charge in [-0.15, -0.1) is 0 Å². The third kappa shape index (κ3) is 3.82. The standard InChI is InChI=1S/C21H23N3O2/c1-13-5-6-14(2)18(11-13)21(17-7-9-22-10-8-17)23-20(25)12-19-15(3)24-26-16(19)4/h5-11,21H,12H2,1-4H3,(H,23,25)/t21-/m0/s1. The zero-order valence-electron chi connectivity index (χ0n) is 15.5. The summed E-state index contributed by atoms with van der Waals surface area (Å²) in [5.74, 6) is 0.618. The number of carbonyl (C=O) groups excluding carboxylic acids is 1. The number of hydrogen-bond acceptors (Lipinski definition) is 4. The van der Waals surface area contributed by atoms with Crippen LogP contribution in [0.5, 0.6) is 0 Å². The first-order valence-electron chi connectivity index (χ1n) is 8.64. The summed E-state index contributed by atoms with van der Waals surface area (Å²) in [6, 6.07) is 9.92. The Kier molecular flexibility index (Phi) is 5.16. The van der Waals surface area contributed by atoms with Gasteiger partial charge in [0.25, 0.3) is 0 Å². The zero-order chi connectivity index (χ0) is 18.7. The highest BCUT2D eigenvalue weighted by molar-refractivity contribution is 5.80. The van der Waals surface area contributed by atoms with Crippen LogP contribution in [0.2, 0.25) is 0 Å². The minimum Gasteiger partial charge on any atom is -0.361 e. The molecule has 1 N–H and O–H groups in total. The molecular weight excluding hydrogens is 326 g/mol. The Morgan fingerprint density at radius 3 is 2.50 bits per heavy atom. The van der Waals surface area contributed by atoms with Crippen molar-refractivity contribution in [3.05, 3.63) is 82.0 Å². The van der Waals surface area contributed by atoms with E-state index in [2.05, 4.69) is 47.5 Å². The van der Waals surface area contributed by atoms with Gasteiger partial charge in [0.2, 0.25) is 5.91 Å². The summed E-state index contributed by atoms with van der Waals surface area (Å²) >= 11 is 0. The molecule has 0 radical (unpaired) electrons. The smallest absolute Gasteiger partial charge is 0.225 e. The number of aromatic nitrogens is 2. The average molecular weight is 349 g/mol. The summed E-state index contributed by atoms with van der Waals surface area (Å²) in [5, 5.41) is 7.10. The molecule has 3 rings (SSSR count). The summed E-state index contributed by atoms with van der Waals surface area (Å²) in [6.07, 6.45) is 3.73. The summed E-state index contributed by atoms with van der Waals surface area (Å²) in [7, 11) is 0. The van der Waals surface area contributed by atoms with Gasteiger partial charge in [-0.3, -0.25) is 9.78 Å². The predicted molar refractivity (Wildman–Crippen MR) is 99.8 cm³/mol. The van der Waals surface area contributed by atoms with E-state index < -0.39 is 0 Å². The van der Waals surface area contributed by atoms with Crippen molar-refractivity contribution in [1.82, 2.24) is 15.5 Å². The maximum absolute atomic E-state index is 12.8. The lowest BCUT2D eigenvalue weighted by atomic mass is 9.93. The molecular formula is C21H23N3O2. The van der Waals surface area contributed by atoms with Gasteiger partial charge in [0.15, 0.2) is 0 Å². The normalized spacial score (nSPS) is 12.0. The summed E-state index contributed by atoms with van der Waals surface area (Å²) < 4.78 is 5.17. The van der Waals surface area contributed by atoms with Crippen LogP contribution in [0.1, 0.15) is 45.3 Å². The van der Waals surface area contributed by atoms with Crippen LogP contribution in [0.4, 0.5) is 0 Å². The minimum atomic E-state index is -0.231. The van der Waals surface area contributed by atoms with Crippen LogP contribution in [-0.2, 0) is 11.2 Å². The van der Waals surface area contributed by atoms with Crippen LogP contribution in [-0.4, -0.2) is 16.0 Å². The Bertz CT molecular complexity index is 897.